The van der Waals surface area contributed by atoms with Gasteiger partial charge in [-0.2, -0.15) is 0 Å². The Kier molecular flexibility index (Phi) is 3.93. The van der Waals surface area contributed by atoms with Crippen LogP contribution in [0, 0.1) is 0 Å². The number of nitrogens with two attached hydrogens (primary N) is 1. The van der Waals surface area contributed by atoms with Crippen molar-refractivity contribution in [3.05, 3.63) is 35.4 Å². The van der Waals surface area contributed by atoms with Gasteiger partial charge in [0.25, 0.3) is 0 Å². The summed E-state index contributed by atoms with van der Waals surface area (Å²) < 4.78 is 0. The number of hydrogen-bond donors (Lipinski definition) is 2. The maximum absolute atomic E-state index is 9.09. The summed E-state index contributed by atoms with van der Waals surface area (Å²) >= 11 is 0. The summed E-state index contributed by atoms with van der Waals surface area (Å²) in [5, 5.41) is 9.09. The van der Waals surface area contributed by atoms with E-state index >= 15 is 0 Å². The first kappa shape index (κ1) is 10.2. The third kappa shape index (κ3) is 3.57. The van der Waals surface area contributed by atoms with Crippen LogP contribution in [0.2, 0.25) is 0 Å². The van der Waals surface area contributed by atoms with E-state index in [0.29, 0.717) is 6.54 Å². The Bertz CT molecular complexity index is 241. The second kappa shape index (κ2) is 5.00. The van der Waals surface area contributed by atoms with Crippen LogP contribution in [0.25, 0.3) is 0 Å². The summed E-state index contributed by atoms with van der Waals surface area (Å²) in [6, 6.07) is 8.23. The van der Waals surface area contributed by atoms with Crippen molar-refractivity contribution in [3.8, 4) is 0 Å². The van der Waals surface area contributed by atoms with E-state index in [2.05, 4.69) is 12.1 Å². The lowest BCUT2D eigenvalue weighted by Crippen LogP contribution is -2.01. The van der Waals surface area contributed by atoms with Crippen molar-refractivity contribution in [2.75, 3.05) is 0 Å². The van der Waals surface area contributed by atoms with Crippen LogP contribution in [0.15, 0.2) is 24.3 Å². The standard InChI is InChI=1S/C11H17NO/c1-9(13)2-3-10-4-6-11(8-12)7-5-10/h4-7,9,13H,2-3,8,12H2,1H3. The molecule has 0 aliphatic heterocycles. The molecule has 1 unspecified atom stereocenters. The van der Waals surface area contributed by atoms with Gasteiger partial charge in [-0.1, -0.05) is 24.3 Å². The molecule has 0 aromatic heterocycles. The van der Waals surface area contributed by atoms with Crippen molar-refractivity contribution < 1.29 is 5.11 Å². The molecule has 0 spiro atoms. The Morgan fingerprint density at radius 2 is 1.77 bits per heavy atom. The lowest BCUT2D eigenvalue weighted by molar-refractivity contribution is 0.185. The van der Waals surface area contributed by atoms with Gasteiger partial charge in [-0.05, 0) is 30.9 Å². The molecule has 1 rings (SSSR count). The van der Waals surface area contributed by atoms with Crippen LogP contribution in [0.4, 0.5) is 0 Å². The summed E-state index contributed by atoms with van der Waals surface area (Å²) in [5.74, 6) is 0. The highest BCUT2D eigenvalue weighted by molar-refractivity contribution is 5.22. The molecular weight excluding hydrogens is 162 g/mol. The average Bonchev–Trinajstić information content (AvgIpc) is 2.15. The molecular formula is C11H17NO. The zero-order valence-corrected chi connectivity index (χ0v) is 8.03. The highest BCUT2D eigenvalue weighted by atomic mass is 16.3. The Hall–Kier alpha value is -0.860. The van der Waals surface area contributed by atoms with Gasteiger partial charge in [-0.3, -0.25) is 0 Å². The summed E-state index contributed by atoms with van der Waals surface area (Å²) in [6.45, 7) is 2.41. The number of aliphatic hydroxyl groups is 1. The van der Waals surface area contributed by atoms with E-state index in [1.54, 1.807) is 0 Å². The molecule has 1 atom stereocenters. The first-order chi connectivity index (χ1) is 6.22. The highest BCUT2D eigenvalue weighted by Gasteiger charge is 1.97. The first-order valence-corrected chi connectivity index (χ1v) is 4.68. The van der Waals surface area contributed by atoms with Crippen molar-refractivity contribution in [2.24, 2.45) is 5.73 Å². The van der Waals surface area contributed by atoms with Crippen LogP contribution in [-0.4, -0.2) is 11.2 Å². The molecule has 13 heavy (non-hydrogen) atoms. The Morgan fingerprint density at radius 3 is 2.23 bits per heavy atom. The fraction of sp³-hybridized carbons (Fsp3) is 0.455. The van der Waals surface area contributed by atoms with Gasteiger partial charge in [0.1, 0.15) is 0 Å². The minimum atomic E-state index is -0.214. The van der Waals surface area contributed by atoms with Crippen LogP contribution in [0.5, 0.6) is 0 Å². The van der Waals surface area contributed by atoms with E-state index in [9.17, 15) is 0 Å². The van der Waals surface area contributed by atoms with Crippen LogP contribution < -0.4 is 5.73 Å². The largest absolute Gasteiger partial charge is 0.393 e. The van der Waals surface area contributed by atoms with E-state index in [1.165, 1.54) is 5.56 Å². The second-order valence-electron chi connectivity index (χ2n) is 3.41. The van der Waals surface area contributed by atoms with Gasteiger partial charge >= 0.3 is 0 Å². The molecule has 0 aliphatic carbocycles. The van der Waals surface area contributed by atoms with E-state index in [0.717, 1.165) is 18.4 Å². The lowest BCUT2D eigenvalue weighted by Gasteiger charge is -2.04. The van der Waals surface area contributed by atoms with Gasteiger partial charge in [-0.25, -0.2) is 0 Å². The van der Waals surface area contributed by atoms with E-state index in [-0.39, 0.29) is 6.10 Å². The van der Waals surface area contributed by atoms with Crippen LogP contribution in [-0.2, 0) is 13.0 Å². The summed E-state index contributed by atoms with van der Waals surface area (Å²) in [4.78, 5) is 0. The molecule has 0 bridgehead atoms. The van der Waals surface area contributed by atoms with Crippen molar-refractivity contribution >= 4 is 0 Å². The van der Waals surface area contributed by atoms with Gasteiger partial charge in [0.05, 0.1) is 6.10 Å². The van der Waals surface area contributed by atoms with Crippen LogP contribution >= 0.6 is 0 Å². The van der Waals surface area contributed by atoms with Crippen LogP contribution in [0.1, 0.15) is 24.5 Å². The number of hydrogen-bond acceptors (Lipinski definition) is 2. The predicted octanol–water partition coefficient (Wildman–Crippen LogP) is 1.46. The molecule has 72 valence electrons. The van der Waals surface area contributed by atoms with Crippen molar-refractivity contribution in [3.63, 3.8) is 0 Å². The molecule has 1 aromatic rings. The zero-order valence-electron chi connectivity index (χ0n) is 8.03. The highest BCUT2D eigenvalue weighted by Crippen LogP contribution is 2.07. The monoisotopic (exact) mass is 179 g/mol. The number of aliphatic hydroxyl groups excluding tert-OH is 1. The normalized spacial score (nSPS) is 12.8. The van der Waals surface area contributed by atoms with Crippen LogP contribution in [0.3, 0.4) is 0 Å². The molecule has 0 saturated heterocycles. The number of benzene rings is 1. The van der Waals surface area contributed by atoms with Crippen molar-refractivity contribution in [2.45, 2.75) is 32.4 Å². The number of aryl methyl sites for hydroxylation is 1. The molecule has 2 nitrogen and oxygen atoms in total. The smallest absolute Gasteiger partial charge is 0.0515 e. The van der Waals surface area contributed by atoms with Gasteiger partial charge < -0.3 is 10.8 Å². The summed E-state index contributed by atoms with van der Waals surface area (Å²) in [6.07, 6.45) is 1.54. The van der Waals surface area contributed by atoms with Gasteiger partial charge in [-0.15, -0.1) is 0 Å². The van der Waals surface area contributed by atoms with E-state index < -0.39 is 0 Å². The lowest BCUT2D eigenvalue weighted by atomic mass is 10.1. The maximum Gasteiger partial charge on any atom is 0.0515 e. The third-order valence-electron chi connectivity index (χ3n) is 2.11. The second-order valence-corrected chi connectivity index (χ2v) is 3.41. The minimum absolute atomic E-state index is 0.214. The molecule has 0 amide bonds. The molecule has 0 aliphatic rings. The first-order valence-electron chi connectivity index (χ1n) is 4.68. The van der Waals surface area contributed by atoms with Gasteiger partial charge in [0.2, 0.25) is 0 Å². The average molecular weight is 179 g/mol. The molecule has 3 N–H and O–H groups in total. The summed E-state index contributed by atoms with van der Waals surface area (Å²) in [5.41, 5.74) is 7.90. The zero-order chi connectivity index (χ0) is 9.68. The quantitative estimate of drug-likeness (QED) is 0.735. The molecule has 0 fully saturated rings. The van der Waals surface area contributed by atoms with Crippen molar-refractivity contribution in [1.82, 2.24) is 0 Å². The molecule has 0 heterocycles. The third-order valence-corrected chi connectivity index (χ3v) is 2.11. The van der Waals surface area contributed by atoms with Crippen molar-refractivity contribution in [1.29, 1.82) is 0 Å². The van der Waals surface area contributed by atoms with E-state index in [1.807, 2.05) is 19.1 Å². The predicted molar refractivity (Wildman–Crippen MR) is 54.3 cm³/mol. The van der Waals surface area contributed by atoms with E-state index in [4.69, 9.17) is 10.8 Å². The topological polar surface area (TPSA) is 46.2 Å². The molecule has 2 heteroatoms. The van der Waals surface area contributed by atoms with Gasteiger partial charge in [0.15, 0.2) is 0 Å². The fourth-order valence-corrected chi connectivity index (χ4v) is 1.22. The Labute approximate surface area is 79.4 Å². The SMILES string of the molecule is CC(O)CCc1ccc(CN)cc1. The van der Waals surface area contributed by atoms with Gasteiger partial charge in [0, 0.05) is 6.54 Å². The maximum atomic E-state index is 9.09. The molecule has 0 saturated carbocycles. The summed E-state index contributed by atoms with van der Waals surface area (Å²) in [7, 11) is 0. The molecule has 1 aromatic carbocycles. The minimum Gasteiger partial charge on any atom is -0.393 e. The molecule has 0 radical (unpaired) electrons. The fourth-order valence-electron chi connectivity index (χ4n) is 1.22. The Morgan fingerprint density at radius 1 is 1.23 bits per heavy atom. The Balaban J connectivity index is 2.49. The number of rotatable bonds is 4.